The smallest absolute Gasteiger partial charge is 0.125 e. The Morgan fingerprint density at radius 1 is 1.27 bits per heavy atom. The van der Waals surface area contributed by atoms with Gasteiger partial charge in [-0.05, 0) is 18.4 Å². The minimum absolute atomic E-state index is 0.0709. The largest absolute Gasteiger partial charge is 0.392 e. The van der Waals surface area contributed by atoms with Crippen LogP contribution in [0.5, 0.6) is 0 Å². The molecule has 1 aromatic carbocycles. The molecule has 1 aromatic rings. The van der Waals surface area contributed by atoms with E-state index >= 15 is 0 Å². The summed E-state index contributed by atoms with van der Waals surface area (Å²) >= 11 is 0. The highest BCUT2D eigenvalue weighted by atomic mass is 19.1. The molecule has 0 amide bonds. The minimum Gasteiger partial charge on any atom is -0.392 e. The summed E-state index contributed by atoms with van der Waals surface area (Å²) in [6.45, 7) is 0. The van der Waals surface area contributed by atoms with Crippen LogP contribution in [0.3, 0.4) is 0 Å². The van der Waals surface area contributed by atoms with Crippen molar-refractivity contribution in [2.75, 3.05) is 0 Å². The first-order valence-corrected chi connectivity index (χ1v) is 4.98. The Kier molecular flexibility index (Phi) is 4.79. The molecule has 0 saturated heterocycles. The van der Waals surface area contributed by atoms with E-state index in [4.69, 9.17) is 5.26 Å². The average Bonchev–Trinajstić information content (AvgIpc) is 2.27. The van der Waals surface area contributed by atoms with E-state index in [9.17, 15) is 9.50 Å². The molecular weight excluding hydrogens is 193 g/mol. The molecule has 0 heterocycles. The van der Waals surface area contributed by atoms with Crippen LogP contribution in [0.25, 0.3) is 0 Å². The number of nitriles is 1. The molecule has 0 saturated carbocycles. The summed E-state index contributed by atoms with van der Waals surface area (Å²) in [4.78, 5) is 0. The molecule has 0 aliphatic rings. The van der Waals surface area contributed by atoms with Gasteiger partial charge in [-0.2, -0.15) is 5.26 Å². The molecule has 0 bridgehead atoms. The zero-order valence-corrected chi connectivity index (χ0v) is 8.44. The van der Waals surface area contributed by atoms with E-state index in [-0.39, 0.29) is 12.8 Å². The van der Waals surface area contributed by atoms with Gasteiger partial charge in [0.1, 0.15) is 6.17 Å². The van der Waals surface area contributed by atoms with E-state index in [0.717, 1.165) is 0 Å². The number of hydrogen-bond acceptors (Lipinski definition) is 2. The molecule has 15 heavy (non-hydrogen) atoms. The molecule has 80 valence electrons. The zero-order valence-electron chi connectivity index (χ0n) is 8.44. The lowest BCUT2D eigenvalue weighted by Crippen LogP contribution is -2.06. The fourth-order valence-corrected chi connectivity index (χ4v) is 1.37. The van der Waals surface area contributed by atoms with Gasteiger partial charge in [-0.3, -0.25) is 0 Å². The van der Waals surface area contributed by atoms with Crippen LogP contribution >= 0.6 is 0 Å². The molecule has 0 radical (unpaired) electrons. The van der Waals surface area contributed by atoms with E-state index in [1.165, 1.54) is 0 Å². The number of halogens is 1. The minimum atomic E-state index is -1.06. The molecule has 1 rings (SSSR count). The van der Waals surface area contributed by atoms with E-state index < -0.39 is 12.3 Å². The van der Waals surface area contributed by atoms with Crippen molar-refractivity contribution in [3.05, 3.63) is 35.9 Å². The van der Waals surface area contributed by atoms with E-state index in [1.54, 1.807) is 24.3 Å². The third-order valence-electron chi connectivity index (χ3n) is 2.24. The summed E-state index contributed by atoms with van der Waals surface area (Å²) in [5.41, 5.74) is 0.627. The van der Waals surface area contributed by atoms with Gasteiger partial charge in [-0.25, -0.2) is 4.39 Å². The third-order valence-corrected chi connectivity index (χ3v) is 2.24. The number of rotatable bonds is 5. The second kappa shape index (κ2) is 6.15. The van der Waals surface area contributed by atoms with Crippen molar-refractivity contribution in [2.45, 2.75) is 31.5 Å². The summed E-state index contributed by atoms with van der Waals surface area (Å²) in [6.07, 6.45) is -1.12. The number of aliphatic hydroxyl groups excluding tert-OH is 1. The predicted octanol–water partition coefficient (Wildman–Crippen LogP) is 2.75. The normalized spacial score (nSPS) is 14.2. The number of hydrogen-bond donors (Lipinski definition) is 1. The van der Waals surface area contributed by atoms with Crippen molar-refractivity contribution >= 4 is 0 Å². The zero-order chi connectivity index (χ0) is 11.1. The monoisotopic (exact) mass is 207 g/mol. The first-order chi connectivity index (χ1) is 7.24. The van der Waals surface area contributed by atoms with Gasteiger partial charge in [0.15, 0.2) is 0 Å². The van der Waals surface area contributed by atoms with Crippen LogP contribution in [0.15, 0.2) is 30.3 Å². The van der Waals surface area contributed by atoms with Crippen molar-refractivity contribution in [1.82, 2.24) is 0 Å². The van der Waals surface area contributed by atoms with Crippen molar-refractivity contribution in [2.24, 2.45) is 0 Å². The highest BCUT2D eigenvalue weighted by molar-refractivity contribution is 5.17. The van der Waals surface area contributed by atoms with Crippen molar-refractivity contribution in [3.63, 3.8) is 0 Å². The van der Waals surface area contributed by atoms with Gasteiger partial charge in [0, 0.05) is 0 Å². The van der Waals surface area contributed by atoms with Crippen molar-refractivity contribution in [1.29, 1.82) is 5.26 Å². The maximum atomic E-state index is 13.5. The predicted molar refractivity (Wildman–Crippen MR) is 55.8 cm³/mol. The second-order valence-corrected chi connectivity index (χ2v) is 3.47. The Morgan fingerprint density at radius 2 is 1.93 bits per heavy atom. The molecule has 2 unspecified atom stereocenters. The molecule has 1 N–H and O–H groups in total. The van der Waals surface area contributed by atoms with Gasteiger partial charge < -0.3 is 5.11 Å². The number of alkyl halides is 1. The Bertz CT molecular complexity index is 320. The van der Waals surface area contributed by atoms with E-state index in [0.29, 0.717) is 12.0 Å². The highest BCUT2D eigenvalue weighted by Gasteiger charge is 2.12. The van der Waals surface area contributed by atoms with Gasteiger partial charge >= 0.3 is 0 Å². The van der Waals surface area contributed by atoms with Crippen molar-refractivity contribution < 1.29 is 9.50 Å². The molecular formula is C12H14FNO. The third kappa shape index (κ3) is 4.09. The second-order valence-electron chi connectivity index (χ2n) is 3.47. The molecule has 0 aromatic heterocycles. The van der Waals surface area contributed by atoms with Gasteiger partial charge in [0.05, 0.1) is 18.6 Å². The van der Waals surface area contributed by atoms with Gasteiger partial charge in [0.25, 0.3) is 0 Å². The summed E-state index contributed by atoms with van der Waals surface area (Å²) in [6, 6.07) is 10.7. The Hall–Kier alpha value is -1.40. The standard InChI is InChI=1S/C12H14FNO/c13-12(7-6-11(15)8-9-14)10-4-2-1-3-5-10/h1-5,11-12,15H,6-8H2. The molecule has 0 spiro atoms. The Balaban J connectivity index is 2.37. The summed E-state index contributed by atoms with van der Waals surface area (Å²) in [5, 5.41) is 17.6. The maximum absolute atomic E-state index is 13.5. The molecule has 0 aliphatic heterocycles. The van der Waals surface area contributed by atoms with Crippen LogP contribution in [-0.4, -0.2) is 11.2 Å². The molecule has 2 atom stereocenters. The molecule has 0 aliphatic carbocycles. The Labute approximate surface area is 89.0 Å². The van der Waals surface area contributed by atoms with Crippen LogP contribution in [-0.2, 0) is 0 Å². The summed E-state index contributed by atoms with van der Waals surface area (Å²) in [7, 11) is 0. The highest BCUT2D eigenvalue weighted by Crippen LogP contribution is 2.23. The lowest BCUT2D eigenvalue weighted by atomic mass is 10.0. The quantitative estimate of drug-likeness (QED) is 0.806. The van der Waals surface area contributed by atoms with Crippen LogP contribution in [0.1, 0.15) is 31.0 Å². The number of benzene rings is 1. The van der Waals surface area contributed by atoms with Crippen LogP contribution in [0.2, 0.25) is 0 Å². The first kappa shape index (κ1) is 11.7. The lowest BCUT2D eigenvalue weighted by Gasteiger charge is -2.10. The maximum Gasteiger partial charge on any atom is 0.125 e. The van der Waals surface area contributed by atoms with E-state index in [1.807, 2.05) is 12.1 Å². The van der Waals surface area contributed by atoms with Crippen LogP contribution in [0.4, 0.5) is 4.39 Å². The lowest BCUT2D eigenvalue weighted by molar-refractivity contribution is 0.151. The van der Waals surface area contributed by atoms with Crippen molar-refractivity contribution in [3.8, 4) is 6.07 Å². The SMILES string of the molecule is N#CCC(O)CCC(F)c1ccccc1. The topological polar surface area (TPSA) is 44.0 Å². The van der Waals surface area contributed by atoms with Gasteiger partial charge in [0.2, 0.25) is 0 Å². The van der Waals surface area contributed by atoms with Crippen LogP contribution in [0, 0.1) is 11.3 Å². The fraction of sp³-hybridized carbons (Fsp3) is 0.417. The molecule has 0 fully saturated rings. The number of nitrogens with zero attached hydrogens (tertiary/aromatic N) is 1. The van der Waals surface area contributed by atoms with E-state index in [2.05, 4.69) is 0 Å². The molecule has 2 nitrogen and oxygen atoms in total. The number of aliphatic hydroxyl groups is 1. The van der Waals surface area contributed by atoms with Gasteiger partial charge in [-0.1, -0.05) is 30.3 Å². The summed E-state index contributed by atoms with van der Waals surface area (Å²) in [5.74, 6) is 0. The Morgan fingerprint density at radius 3 is 2.53 bits per heavy atom. The fourth-order valence-electron chi connectivity index (χ4n) is 1.37. The van der Waals surface area contributed by atoms with Crippen LogP contribution < -0.4 is 0 Å². The first-order valence-electron chi connectivity index (χ1n) is 4.98. The molecule has 3 heteroatoms. The van der Waals surface area contributed by atoms with Gasteiger partial charge in [-0.15, -0.1) is 0 Å². The summed E-state index contributed by atoms with van der Waals surface area (Å²) < 4.78 is 13.5. The average molecular weight is 207 g/mol.